The molecule has 4 aliphatic heterocycles. The van der Waals surface area contributed by atoms with Crippen LogP contribution in [0.5, 0.6) is 0 Å². The van der Waals surface area contributed by atoms with Crippen LogP contribution >= 0.6 is 0 Å². The number of β-amino-alcohol motifs (C(OH)–C–C–N with tert-alkyl or cyclic N) is 2. The van der Waals surface area contributed by atoms with Gasteiger partial charge in [-0.2, -0.15) is 0 Å². The van der Waals surface area contributed by atoms with E-state index in [9.17, 15) is 15.0 Å². The minimum absolute atomic E-state index is 0.299. The molecule has 0 spiro atoms. The van der Waals surface area contributed by atoms with Crippen molar-refractivity contribution in [1.82, 2.24) is 15.1 Å². The van der Waals surface area contributed by atoms with E-state index >= 15 is 0 Å². The highest BCUT2D eigenvalue weighted by Crippen LogP contribution is 2.26. The van der Waals surface area contributed by atoms with Gasteiger partial charge in [0.1, 0.15) is 6.61 Å². The van der Waals surface area contributed by atoms with Gasteiger partial charge in [0, 0.05) is 71.7 Å². The van der Waals surface area contributed by atoms with Crippen LogP contribution in [-0.2, 0) is 20.8 Å². The quantitative estimate of drug-likeness (QED) is 0.343. The first-order chi connectivity index (χ1) is 20.3. The molecular formula is C32H54N4O6. The number of alkyl carbamates (subject to hydrolysis) is 1. The third kappa shape index (κ3) is 11.4. The van der Waals surface area contributed by atoms with Crippen molar-refractivity contribution in [3.8, 4) is 0 Å². The normalized spacial score (nSPS) is 23.9. The molecule has 42 heavy (non-hydrogen) atoms. The summed E-state index contributed by atoms with van der Waals surface area (Å²) >= 11 is 0. The molecule has 0 aliphatic carbocycles. The Balaban J connectivity index is 0.000000216. The van der Waals surface area contributed by atoms with Gasteiger partial charge in [-0.1, -0.05) is 30.3 Å². The molecule has 0 radical (unpaired) electrons. The summed E-state index contributed by atoms with van der Waals surface area (Å²) in [5, 5.41) is 23.9. The van der Waals surface area contributed by atoms with Crippen molar-refractivity contribution >= 4 is 6.09 Å². The maximum atomic E-state index is 11.8. The van der Waals surface area contributed by atoms with Crippen LogP contribution in [0.15, 0.2) is 30.3 Å². The first-order valence-corrected chi connectivity index (χ1v) is 16.0. The van der Waals surface area contributed by atoms with Crippen molar-refractivity contribution in [3.05, 3.63) is 35.9 Å². The zero-order chi connectivity index (χ0) is 29.7. The van der Waals surface area contributed by atoms with E-state index in [1.165, 1.54) is 12.8 Å². The van der Waals surface area contributed by atoms with Gasteiger partial charge in [-0.3, -0.25) is 0 Å². The monoisotopic (exact) mass is 590 g/mol. The summed E-state index contributed by atoms with van der Waals surface area (Å²) in [5.41, 5.74) is 5.56. The summed E-state index contributed by atoms with van der Waals surface area (Å²) in [4.78, 5) is 16.6. The van der Waals surface area contributed by atoms with Crippen LogP contribution in [0.1, 0.15) is 56.9 Å². The van der Waals surface area contributed by atoms with Crippen molar-refractivity contribution in [2.24, 2.45) is 17.6 Å². The van der Waals surface area contributed by atoms with Gasteiger partial charge in [0.25, 0.3) is 0 Å². The number of nitrogens with zero attached hydrogens (tertiary/aromatic N) is 2. The Bertz CT molecular complexity index is 894. The molecule has 4 fully saturated rings. The van der Waals surface area contributed by atoms with E-state index in [0.29, 0.717) is 51.4 Å². The van der Waals surface area contributed by atoms with E-state index in [0.717, 1.165) is 89.9 Å². The van der Waals surface area contributed by atoms with Crippen LogP contribution in [0, 0.1) is 11.8 Å². The standard InChI is InChI=1S/C20H30N2O4.C12H24N2O2/c23-19(26-15-18-4-2-1-3-5-18)21-14-17-6-10-22(11-7-17)16-20(24)8-12-25-13-9-20;13-9-11-1-5-14(6-2-11)10-12(15)3-7-16-8-4-12/h1-5,17,24H,6-16H2,(H,21,23);11,15H,1-10,13H2. The van der Waals surface area contributed by atoms with Crippen molar-refractivity contribution in [2.45, 2.75) is 69.2 Å². The molecule has 10 nitrogen and oxygen atoms in total. The Kier molecular flexibility index (Phi) is 13.3. The number of likely N-dealkylation sites (tertiary alicyclic amines) is 2. The number of carbonyl (C=O) groups excluding carboxylic acids is 1. The highest BCUT2D eigenvalue weighted by molar-refractivity contribution is 5.67. The number of nitrogens with two attached hydrogens (primary N) is 1. The number of amides is 1. The first-order valence-electron chi connectivity index (χ1n) is 16.0. The summed E-state index contributed by atoms with van der Waals surface area (Å²) in [6, 6.07) is 9.68. The largest absolute Gasteiger partial charge is 0.445 e. The molecule has 1 amide bonds. The molecule has 0 atom stereocenters. The average molecular weight is 591 g/mol. The lowest BCUT2D eigenvalue weighted by molar-refractivity contribution is -0.0833. The maximum Gasteiger partial charge on any atom is 0.407 e. The van der Waals surface area contributed by atoms with Crippen LogP contribution in [0.3, 0.4) is 0 Å². The number of hydrogen-bond acceptors (Lipinski definition) is 9. The minimum Gasteiger partial charge on any atom is -0.445 e. The highest BCUT2D eigenvalue weighted by atomic mass is 16.5. The molecule has 5 N–H and O–H groups in total. The van der Waals surface area contributed by atoms with E-state index in [1.807, 2.05) is 30.3 Å². The maximum absolute atomic E-state index is 11.8. The van der Waals surface area contributed by atoms with Gasteiger partial charge >= 0.3 is 6.09 Å². The number of benzene rings is 1. The molecule has 0 bridgehead atoms. The number of aliphatic hydroxyl groups is 2. The van der Waals surface area contributed by atoms with Crippen molar-refractivity contribution in [1.29, 1.82) is 0 Å². The molecule has 0 aromatic heterocycles. The molecule has 4 aliphatic rings. The summed E-state index contributed by atoms with van der Waals surface area (Å²) in [7, 11) is 0. The van der Waals surface area contributed by atoms with Crippen molar-refractivity contribution in [2.75, 3.05) is 78.8 Å². The smallest absolute Gasteiger partial charge is 0.407 e. The van der Waals surface area contributed by atoms with E-state index in [1.54, 1.807) is 0 Å². The molecule has 5 rings (SSSR count). The second kappa shape index (κ2) is 16.9. The molecule has 238 valence electrons. The first kappa shape index (κ1) is 33.1. The van der Waals surface area contributed by atoms with Gasteiger partial charge in [-0.25, -0.2) is 4.79 Å². The van der Waals surface area contributed by atoms with Crippen LogP contribution in [-0.4, -0.2) is 116 Å². The topological polar surface area (TPSA) is 130 Å². The van der Waals surface area contributed by atoms with Gasteiger partial charge in [0.15, 0.2) is 0 Å². The Morgan fingerprint density at radius 2 is 1.31 bits per heavy atom. The lowest BCUT2D eigenvalue weighted by Crippen LogP contribution is -2.49. The Morgan fingerprint density at radius 3 is 1.79 bits per heavy atom. The number of rotatable bonds is 9. The molecule has 4 heterocycles. The zero-order valence-electron chi connectivity index (χ0n) is 25.4. The number of piperidine rings is 2. The third-order valence-electron chi connectivity index (χ3n) is 9.38. The van der Waals surface area contributed by atoms with Crippen molar-refractivity contribution < 1.29 is 29.2 Å². The number of hydrogen-bond donors (Lipinski definition) is 4. The predicted octanol–water partition coefficient (Wildman–Crippen LogP) is 2.36. The fraction of sp³-hybridized carbons (Fsp3) is 0.781. The minimum atomic E-state index is -0.593. The lowest BCUT2D eigenvalue weighted by Gasteiger charge is -2.39. The van der Waals surface area contributed by atoms with Gasteiger partial charge in [0.2, 0.25) is 0 Å². The van der Waals surface area contributed by atoms with Crippen LogP contribution < -0.4 is 11.1 Å². The van der Waals surface area contributed by atoms with Crippen LogP contribution in [0.25, 0.3) is 0 Å². The lowest BCUT2D eigenvalue weighted by atomic mass is 9.91. The van der Waals surface area contributed by atoms with Crippen LogP contribution in [0.4, 0.5) is 4.79 Å². The summed E-state index contributed by atoms with van der Waals surface area (Å²) in [6.07, 6.45) is 7.09. The summed E-state index contributed by atoms with van der Waals surface area (Å²) < 4.78 is 15.9. The van der Waals surface area contributed by atoms with Crippen molar-refractivity contribution in [3.63, 3.8) is 0 Å². The summed E-state index contributed by atoms with van der Waals surface area (Å²) in [5.74, 6) is 1.17. The molecule has 1 aromatic rings. The average Bonchev–Trinajstić information content (AvgIpc) is 3.01. The van der Waals surface area contributed by atoms with E-state index in [4.69, 9.17) is 19.9 Å². The van der Waals surface area contributed by atoms with Gasteiger partial charge in [0.05, 0.1) is 11.2 Å². The summed E-state index contributed by atoms with van der Waals surface area (Å²) in [6.45, 7) is 10.1. The Hall–Kier alpha value is -1.79. The Labute approximate surface area is 251 Å². The third-order valence-corrected chi connectivity index (χ3v) is 9.38. The van der Waals surface area contributed by atoms with E-state index in [-0.39, 0.29) is 6.09 Å². The molecule has 1 aromatic carbocycles. The van der Waals surface area contributed by atoms with Gasteiger partial charge in [-0.05, 0) is 75.8 Å². The van der Waals surface area contributed by atoms with Gasteiger partial charge < -0.3 is 45.3 Å². The Morgan fingerprint density at radius 1 is 0.833 bits per heavy atom. The molecular weight excluding hydrogens is 536 g/mol. The van der Waals surface area contributed by atoms with Gasteiger partial charge in [-0.15, -0.1) is 0 Å². The fourth-order valence-corrected chi connectivity index (χ4v) is 6.38. The molecule has 0 unspecified atom stereocenters. The van der Waals surface area contributed by atoms with E-state index in [2.05, 4.69) is 15.1 Å². The number of carbonyl (C=O) groups is 1. The molecule has 0 saturated carbocycles. The zero-order valence-corrected chi connectivity index (χ0v) is 25.4. The van der Waals surface area contributed by atoms with E-state index < -0.39 is 11.2 Å². The second-order valence-corrected chi connectivity index (χ2v) is 12.8. The highest BCUT2D eigenvalue weighted by Gasteiger charge is 2.34. The molecule has 10 heteroatoms. The molecule has 4 saturated heterocycles. The number of nitrogens with one attached hydrogen (secondary N) is 1. The second-order valence-electron chi connectivity index (χ2n) is 12.8. The SMILES string of the molecule is NCC1CCN(CC2(O)CCOCC2)CC1.O=C(NCC1CCN(CC2(O)CCOCC2)CC1)OCc1ccccc1. The fourth-order valence-electron chi connectivity index (χ4n) is 6.38. The predicted molar refractivity (Wildman–Crippen MR) is 162 cm³/mol. The number of ether oxygens (including phenoxy) is 3. The van der Waals surface area contributed by atoms with Crippen LogP contribution in [0.2, 0.25) is 0 Å².